The number of carboxylic acid groups (broad SMARTS) is 3. The molecule has 0 bridgehead atoms. The molecular weight excluding hydrogens is 967 g/mol. The zero-order valence-electron chi connectivity index (χ0n) is 43.7. The van der Waals surface area contributed by atoms with E-state index in [2.05, 4.69) is 28.4 Å². The van der Waals surface area contributed by atoms with E-state index in [9.17, 15) is 33.6 Å². The first-order valence-electron chi connectivity index (χ1n) is 23.6. The van der Waals surface area contributed by atoms with Gasteiger partial charge in [0.2, 0.25) is 11.8 Å². The minimum absolute atomic E-state index is 0.289. The Morgan fingerprint density at radius 2 is 0.803 bits per heavy atom. The molecule has 2 amide bonds. The third-order valence-corrected chi connectivity index (χ3v) is 9.87. The lowest BCUT2D eigenvalue weighted by molar-refractivity contribution is -0.146. The molecule has 76 heavy (non-hydrogen) atoms. The van der Waals surface area contributed by atoms with Gasteiger partial charge in [-0.15, -0.1) is 19.3 Å². The first-order valence-corrected chi connectivity index (χ1v) is 23.6. The Balaban J connectivity index is 0.000000518. The molecule has 0 fully saturated rings. The van der Waals surface area contributed by atoms with E-state index in [0.29, 0.717) is 25.2 Å². The zero-order valence-corrected chi connectivity index (χ0v) is 43.7. The molecule has 0 aromatic heterocycles. The summed E-state index contributed by atoms with van der Waals surface area (Å²) in [6.45, 7) is 9.12. The van der Waals surface area contributed by atoms with Gasteiger partial charge in [0, 0.05) is 49.5 Å². The van der Waals surface area contributed by atoms with E-state index in [1.807, 2.05) is 109 Å². The van der Waals surface area contributed by atoms with Crippen LogP contribution in [0.5, 0.6) is 0 Å². The van der Waals surface area contributed by atoms with Gasteiger partial charge in [0.1, 0.15) is 18.4 Å². The fourth-order valence-electron chi connectivity index (χ4n) is 6.05. The number of amides is 2. The fraction of sp³-hybridized carbons (Fsp3) is 0.250. The van der Waals surface area contributed by atoms with Crippen LogP contribution in [-0.2, 0) is 53.1 Å². The van der Waals surface area contributed by atoms with Gasteiger partial charge in [0.05, 0.1) is 26.2 Å². The quantitative estimate of drug-likeness (QED) is 0.0228. The topological polar surface area (TPSA) is 223 Å². The van der Waals surface area contributed by atoms with Crippen molar-refractivity contribution in [3.05, 3.63) is 166 Å². The van der Waals surface area contributed by atoms with E-state index < -0.39 is 41.9 Å². The molecule has 398 valence electrons. The van der Waals surface area contributed by atoms with Crippen molar-refractivity contribution in [2.75, 3.05) is 47.4 Å². The summed E-state index contributed by atoms with van der Waals surface area (Å²) < 4.78 is 4.84. The van der Waals surface area contributed by atoms with Crippen LogP contribution in [0, 0.1) is 37.0 Å². The largest absolute Gasteiger partial charge is 0.480 e. The second kappa shape index (κ2) is 37.6. The van der Waals surface area contributed by atoms with Crippen molar-refractivity contribution >= 4 is 66.3 Å². The smallest absolute Gasteiger partial charge is 0.328 e. The maximum absolute atomic E-state index is 11.8. The standard InChI is InChI=1S/C19H24N2O3.C17H20N2O3.C14H15NO2.C10H8O3/c1-5-13-21(4)14-17-9-7-16(8-10-17)11-12-18(22)20-15(3)19(23)24-6-2;1-4-11-19(3)12-15-7-5-14(6-8-15)9-10-16(20)18-13(2)17(21)22;1-3-10-15(2)11-13-6-4-12(5-7-13)8-9-14(16)17;11-7-9-3-1-8(2-4-9)5-6-10(12)13/h1,7-12,15H,6,13-14H2,2-4H3,(H,20,22);1,5-10,13H,11-12H2,2-3H3,(H,18,20)(H,21,22);1,4-9H,10-11H2,2H3,(H,16,17);1-7H,(H,12,13)/b12-11+;10-9+;9-8+;6-5+. The molecule has 0 aliphatic rings. The molecule has 0 aliphatic carbocycles. The number of carboxylic acids is 3. The van der Waals surface area contributed by atoms with Crippen LogP contribution < -0.4 is 10.6 Å². The second-order valence-electron chi connectivity index (χ2n) is 16.7. The summed E-state index contributed by atoms with van der Waals surface area (Å²) in [7, 11) is 5.86. The SMILES string of the molecule is C#CCN(C)Cc1ccc(/C=C/C(=O)NC(C)C(=O)O)cc1.C#CCN(C)Cc1ccc(/C=C/C(=O)NC(C)C(=O)OCC)cc1.C#CCN(C)Cc1ccc(/C=C/C(=O)O)cc1.O=Cc1ccc(/C=C/C(=O)O)cc1. The monoisotopic (exact) mass is 1030 g/mol. The van der Waals surface area contributed by atoms with Gasteiger partial charge in [0.15, 0.2) is 0 Å². The van der Waals surface area contributed by atoms with Gasteiger partial charge in [-0.25, -0.2) is 14.4 Å². The van der Waals surface area contributed by atoms with Gasteiger partial charge in [-0.05, 0) is 105 Å². The number of hydrogen-bond acceptors (Lipinski definition) is 11. The minimum Gasteiger partial charge on any atom is -0.480 e. The van der Waals surface area contributed by atoms with Crippen molar-refractivity contribution in [3.63, 3.8) is 0 Å². The predicted octanol–water partition coefficient (Wildman–Crippen LogP) is 6.63. The zero-order chi connectivity index (χ0) is 56.8. The number of terminal acetylenes is 3. The maximum Gasteiger partial charge on any atom is 0.328 e. The van der Waals surface area contributed by atoms with Crippen LogP contribution in [0.15, 0.2) is 121 Å². The highest BCUT2D eigenvalue weighted by atomic mass is 16.5. The molecule has 0 aliphatic heterocycles. The highest BCUT2D eigenvalue weighted by Gasteiger charge is 2.15. The van der Waals surface area contributed by atoms with Gasteiger partial charge in [-0.3, -0.25) is 33.9 Å². The Morgan fingerprint density at radius 1 is 0.513 bits per heavy atom. The summed E-state index contributed by atoms with van der Waals surface area (Å²) >= 11 is 0. The molecule has 0 heterocycles. The summed E-state index contributed by atoms with van der Waals surface area (Å²) in [4.78, 5) is 82.2. The fourth-order valence-corrected chi connectivity index (χ4v) is 6.05. The summed E-state index contributed by atoms with van der Waals surface area (Å²) in [6.07, 6.45) is 27.8. The number of carbonyl (C=O) groups is 7. The van der Waals surface area contributed by atoms with Crippen LogP contribution in [0.2, 0.25) is 0 Å². The first-order chi connectivity index (χ1) is 36.2. The van der Waals surface area contributed by atoms with Crippen LogP contribution in [0.4, 0.5) is 0 Å². The van der Waals surface area contributed by atoms with Crippen molar-refractivity contribution in [2.24, 2.45) is 0 Å². The number of ether oxygens (including phenoxy) is 1. The molecule has 2 atom stereocenters. The van der Waals surface area contributed by atoms with E-state index in [1.54, 1.807) is 56.3 Å². The summed E-state index contributed by atoms with van der Waals surface area (Å²) in [5, 5.41) is 30.4. The van der Waals surface area contributed by atoms with Crippen LogP contribution in [-0.4, -0.2) is 131 Å². The van der Waals surface area contributed by atoms with Crippen LogP contribution >= 0.6 is 0 Å². The Hall–Kier alpha value is -9.11. The van der Waals surface area contributed by atoms with E-state index in [4.69, 9.17) is 39.3 Å². The summed E-state index contributed by atoms with van der Waals surface area (Å²) in [5.41, 5.74) is 7.38. The second-order valence-corrected chi connectivity index (χ2v) is 16.7. The van der Waals surface area contributed by atoms with Crippen molar-refractivity contribution in [1.82, 2.24) is 25.3 Å². The molecule has 0 spiro atoms. The van der Waals surface area contributed by atoms with Crippen LogP contribution in [0.1, 0.15) is 70.1 Å². The van der Waals surface area contributed by atoms with E-state index in [1.165, 1.54) is 25.2 Å². The summed E-state index contributed by atoms with van der Waals surface area (Å²) in [5.74, 6) is 3.55. The lowest BCUT2D eigenvalue weighted by atomic mass is 10.1. The predicted molar refractivity (Wildman–Crippen MR) is 298 cm³/mol. The van der Waals surface area contributed by atoms with Gasteiger partial charge in [-0.2, -0.15) is 0 Å². The minimum atomic E-state index is -1.07. The molecule has 0 saturated heterocycles. The number of benzene rings is 4. The molecule has 0 saturated carbocycles. The van der Waals surface area contributed by atoms with Crippen molar-refractivity contribution in [2.45, 2.75) is 52.5 Å². The average Bonchev–Trinajstić information content (AvgIpc) is 3.38. The molecule has 4 rings (SSSR count). The summed E-state index contributed by atoms with van der Waals surface area (Å²) in [6, 6.07) is 28.3. The molecule has 0 radical (unpaired) electrons. The Morgan fingerprint density at radius 3 is 1.08 bits per heavy atom. The molecule has 4 aromatic carbocycles. The molecule has 5 N–H and O–H groups in total. The first kappa shape index (κ1) is 64.9. The van der Waals surface area contributed by atoms with Gasteiger partial charge >= 0.3 is 23.9 Å². The number of esters is 1. The third kappa shape index (κ3) is 30.7. The van der Waals surface area contributed by atoms with E-state index >= 15 is 0 Å². The average molecular weight is 1030 g/mol. The van der Waals surface area contributed by atoms with E-state index in [-0.39, 0.29) is 12.5 Å². The molecule has 16 heteroatoms. The number of aliphatic carboxylic acids is 3. The normalized spacial score (nSPS) is 11.4. The Bertz CT molecular complexity index is 2730. The number of nitrogens with one attached hydrogen (secondary N) is 2. The van der Waals surface area contributed by atoms with E-state index in [0.717, 1.165) is 77.0 Å². The number of aldehydes is 1. The number of hydrogen-bond donors (Lipinski definition) is 5. The van der Waals surface area contributed by atoms with Gasteiger partial charge in [0.25, 0.3) is 0 Å². The lowest BCUT2D eigenvalue weighted by Crippen LogP contribution is -2.38. The molecule has 2 unspecified atom stereocenters. The van der Waals surface area contributed by atoms with Crippen molar-refractivity contribution < 1.29 is 53.6 Å². The van der Waals surface area contributed by atoms with Crippen molar-refractivity contribution in [1.29, 1.82) is 0 Å². The number of carbonyl (C=O) groups excluding carboxylic acids is 4. The van der Waals surface area contributed by atoms with Gasteiger partial charge < -0.3 is 30.7 Å². The Labute approximate surface area is 446 Å². The highest BCUT2D eigenvalue weighted by Crippen LogP contribution is 2.11. The molecular formula is C60H67N5O11. The number of rotatable bonds is 23. The maximum atomic E-state index is 11.8. The van der Waals surface area contributed by atoms with Crippen LogP contribution in [0.25, 0.3) is 24.3 Å². The number of nitrogens with zero attached hydrogens (tertiary/aromatic N) is 3. The van der Waals surface area contributed by atoms with Crippen molar-refractivity contribution in [3.8, 4) is 37.0 Å². The highest BCUT2D eigenvalue weighted by molar-refractivity contribution is 5.95. The lowest BCUT2D eigenvalue weighted by Gasteiger charge is -2.13. The van der Waals surface area contributed by atoms with Crippen LogP contribution in [0.3, 0.4) is 0 Å². The molecule has 16 nitrogen and oxygen atoms in total. The van der Waals surface area contributed by atoms with Gasteiger partial charge in [-0.1, -0.05) is 115 Å². The third-order valence-electron chi connectivity index (χ3n) is 9.87. The molecule has 4 aromatic rings. The Kier molecular flexibility index (Phi) is 32.1.